The maximum absolute atomic E-state index is 12.1. The molecule has 0 unspecified atom stereocenters. The second-order valence-corrected chi connectivity index (χ2v) is 4.85. The van der Waals surface area contributed by atoms with Crippen LogP contribution >= 0.6 is 0 Å². The fourth-order valence-electron chi connectivity index (χ4n) is 2.08. The van der Waals surface area contributed by atoms with Crippen molar-refractivity contribution in [2.24, 2.45) is 0 Å². The van der Waals surface area contributed by atoms with Crippen molar-refractivity contribution in [2.75, 3.05) is 17.2 Å². The van der Waals surface area contributed by atoms with Crippen LogP contribution in [0.5, 0.6) is 0 Å². The highest BCUT2D eigenvalue weighted by atomic mass is 16.5. The lowest BCUT2D eigenvalue weighted by Crippen LogP contribution is -2.29. The molecule has 1 atom stereocenters. The molecular weight excluding hydrogens is 296 g/mol. The Hall–Kier alpha value is -2.60. The lowest BCUT2D eigenvalue weighted by Gasteiger charge is -2.15. The summed E-state index contributed by atoms with van der Waals surface area (Å²) in [6, 6.07) is 10.1. The number of nitrogens with one attached hydrogen (secondary N) is 2. The van der Waals surface area contributed by atoms with E-state index in [1.54, 1.807) is 36.4 Å². The quantitative estimate of drug-likeness (QED) is 0.821. The summed E-state index contributed by atoms with van der Waals surface area (Å²) in [5.74, 6) is -0.329. The van der Waals surface area contributed by atoms with Crippen molar-refractivity contribution < 1.29 is 18.7 Å². The number of benzene rings is 1. The molecule has 6 nitrogen and oxygen atoms in total. The summed E-state index contributed by atoms with van der Waals surface area (Å²) in [6.07, 6.45) is 1.54. The molecule has 0 spiro atoms. The van der Waals surface area contributed by atoms with Crippen molar-refractivity contribution in [3.8, 4) is 0 Å². The zero-order valence-corrected chi connectivity index (χ0v) is 13.2. The van der Waals surface area contributed by atoms with E-state index < -0.39 is 6.10 Å². The van der Waals surface area contributed by atoms with E-state index in [1.807, 2.05) is 13.8 Å². The highest BCUT2D eigenvalue weighted by Gasteiger charge is 2.16. The predicted molar refractivity (Wildman–Crippen MR) is 87.4 cm³/mol. The largest absolute Gasteiger partial charge is 0.459 e. The summed E-state index contributed by atoms with van der Waals surface area (Å²) in [4.78, 5) is 24.1. The molecule has 0 aliphatic heterocycles. The molecule has 6 heteroatoms. The fourth-order valence-corrected chi connectivity index (χ4v) is 2.08. The van der Waals surface area contributed by atoms with Crippen LogP contribution in [0, 0.1) is 0 Å². The van der Waals surface area contributed by atoms with Crippen LogP contribution in [0.25, 0.3) is 0 Å². The maximum Gasteiger partial charge on any atom is 0.291 e. The van der Waals surface area contributed by atoms with Crippen molar-refractivity contribution in [1.82, 2.24) is 0 Å². The molecule has 0 saturated carbocycles. The second kappa shape index (κ2) is 8.14. The highest BCUT2D eigenvalue weighted by molar-refractivity contribution is 6.02. The van der Waals surface area contributed by atoms with Crippen LogP contribution in [0.3, 0.4) is 0 Å². The molecule has 1 aromatic carbocycles. The number of carbonyl (C=O) groups excluding carboxylic acids is 2. The van der Waals surface area contributed by atoms with Gasteiger partial charge in [0.1, 0.15) is 6.10 Å². The number of anilines is 2. The first-order valence-electron chi connectivity index (χ1n) is 7.51. The predicted octanol–water partition coefficient (Wildman–Crippen LogP) is 3.29. The van der Waals surface area contributed by atoms with Crippen LogP contribution in [0.4, 0.5) is 11.4 Å². The van der Waals surface area contributed by atoms with E-state index in [0.717, 1.165) is 0 Å². The highest BCUT2D eigenvalue weighted by Crippen LogP contribution is 2.17. The number of hydrogen-bond acceptors (Lipinski definition) is 4. The normalized spacial score (nSPS) is 11.7. The molecule has 1 heterocycles. The Balaban J connectivity index is 2.02. The van der Waals surface area contributed by atoms with E-state index in [1.165, 1.54) is 6.26 Å². The molecule has 2 N–H and O–H groups in total. The number of amides is 2. The van der Waals surface area contributed by atoms with Gasteiger partial charge in [0.25, 0.3) is 11.8 Å². The van der Waals surface area contributed by atoms with Crippen LogP contribution in [0.1, 0.15) is 30.8 Å². The molecule has 0 radical (unpaired) electrons. The molecule has 23 heavy (non-hydrogen) atoms. The Bertz CT molecular complexity index is 652. The molecule has 0 aliphatic rings. The first-order valence-corrected chi connectivity index (χ1v) is 7.51. The first-order chi connectivity index (χ1) is 11.1. The van der Waals surface area contributed by atoms with E-state index >= 15 is 0 Å². The number of furan rings is 1. The Morgan fingerprint density at radius 2 is 1.87 bits per heavy atom. The summed E-state index contributed by atoms with van der Waals surface area (Å²) < 4.78 is 10.4. The molecule has 0 bridgehead atoms. The number of carbonyl (C=O) groups is 2. The zero-order chi connectivity index (χ0) is 16.7. The minimum atomic E-state index is -0.485. The topological polar surface area (TPSA) is 80.6 Å². The average Bonchev–Trinajstić information content (AvgIpc) is 3.07. The summed E-state index contributed by atoms with van der Waals surface area (Å²) in [5.41, 5.74) is 1.15. The second-order valence-electron chi connectivity index (χ2n) is 4.85. The maximum atomic E-state index is 12.1. The Labute approximate surface area is 134 Å². The molecule has 122 valence electrons. The van der Waals surface area contributed by atoms with Gasteiger partial charge in [0, 0.05) is 18.0 Å². The van der Waals surface area contributed by atoms with Gasteiger partial charge < -0.3 is 19.8 Å². The van der Waals surface area contributed by atoms with Gasteiger partial charge >= 0.3 is 0 Å². The van der Waals surface area contributed by atoms with Gasteiger partial charge in [-0.2, -0.15) is 0 Å². The monoisotopic (exact) mass is 316 g/mol. The van der Waals surface area contributed by atoms with Crippen molar-refractivity contribution in [3.05, 3.63) is 48.4 Å². The van der Waals surface area contributed by atoms with Crippen molar-refractivity contribution in [2.45, 2.75) is 26.4 Å². The summed E-state index contributed by atoms with van der Waals surface area (Å²) in [6.45, 7) is 4.21. The minimum Gasteiger partial charge on any atom is -0.459 e. The van der Waals surface area contributed by atoms with Gasteiger partial charge in [-0.15, -0.1) is 0 Å². The van der Waals surface area contributed by atoms with E-state index in [2.05, 4.69) is 10.6 Å². The van der Waals surface area contributed by atoms with Crippen LogP contribution < -0.4 is 10.6 Å². The number of hydrogen-bond donors (Lipinski definition) is 2. The Kier molecular flexibility index (Phi) is 5.94. The molecule has 2 aromatic rings. The summed E-state index contributed by atoms with van der Waals surface area (Å²) >= 11 is 0. The van der Waals surface area contributed by atoms with E-state index in [9.17, 15) is 9.59 Å². The van der Waals surface area contributed by atoms with Crippen LogP contribution in [0.2, 0.25) is 0 Å². The molecule has 0 fully saturated rings. The van der Waals surface area contributed by atoms with E-state index in [-0.39, 0.29) is 17.6 Å². The summed E-state index contributed by atoms with van der Waals surface area (Å²) in [7, 11) is 0. The van der Waals surface area contributed by atoms with Crippen LogP contribution in [0.15, 0.2) is 47.1 Å². The molecule has 2 amide bonds. The molecule has 0 saturated heterocycles. The van der Waals surface area contributed by atoms with Gasteiger partial charge in [-0.25, -0.2) is 0 Å². The molecule has 2 rings (SSSR count). The average molecular weight is 316 g/mol. The van der Waals surface area contributed by atoms with Gasteiger partial charge in [-0.1, -0.05) is 13.0 Å². The lowest BCUT2D eigenvalue weighted by molar-refractivity contribution is -0.127. The zero-order valence-electron chi connectivity index (χ0n) is 13.2. The molecule has 0 aliphatic carbocycles. The van der Waals surface area contributed by atoms with E-state index in [4.69, 9.17) is 9.15 Å². The molecule has 1 aromatic heterocycles. The third-order valence-corrected chi connectivity index (χ3v) is 3.16. The van der Waals surface area contributed by atoms with Crippen molar-refractivity contribution in [3.63, 3.8) is 0 Å². The first kappa shape index (κ1) is 16.8. The third kappa shape index (κ3) is 4.69. The third-order valence-electron chi connectivity index (χ3n) is 3.16. The lowest BCUT2D eigenvalue weighted by atomic mass is 10.2. The van der Waals surface area contributed by atoms with Crippen molar-refractivity contribution in [1.29, 1.82) is 0 Å². The Morgan fingerprint density at radius 3 is 2.48 bits per heavy atom. The molecular formula is C17H20N2O4. The van der Waals surface area contributed by atoms with Crippen LogP contribution in [-0.2, 0) is 9.53 Å². The van der Waals surface area contributed by atoms with Gasteiger partial charge in [0.05, 0.1) is 6.26 Å². The van der Waals surface area contributed by atoms with E-state index in [0.29, 0.717) is 24.4 Å². The number of ether oxygens (including phenoxy) is 1. The van der Waals surface area contributed by atoms with Gasteiger partial charge in [0.15, 0.2) is 5.76 Å². The smallest absolute Gasteiger partial charge is 0.291 e. The fraction of sp³-hybridized carbons (Fsp3) is 0.294. The minimum absolute atomic E-state index is 0.205. The standard InChI is InChI=1S/C17H20N2O4/c1-3-14(22-4-2)16(20)18-12-7-5-8-13(11-12)19-17(21)15-9-6-10-23-15/h5-11,14H,3-4H2,1-2H3,(H,18,20)(H,19,21)/t14-/m0/s1. The number of rotatable bonds is 7. The Morgan fingerprint density at radius 1 is 1.13 bits per heavy atom. The van der Waals surface area contributed by atoms with Gasteiger partial charge in [-0.3, -0.25) is 9.59 Å². The van der Waals surface area contributed by atoms with Crippen molar-refractivity contribution >= 4 is 23.2 Å². The van der Waals surface area contributed by atoms with Gasteiger partial charge in [-0.05, 0) is 43.7 Å². The summed E-state index contributed by atoms with van der Waals surface area (Å²) in [5, 5.41) is 5.50. The van der Waals surface area contributed by atoms with Crippen LogP contribution in [-0.4, -0.2) is 24.5 Å². The SMILES string of the molecule is CCO[C@@H](CC)C(=O)Nc1cccc(NC(=O)c2ccco2)c1. The van der Waals surface area contributed by atoms with Gasteiger partial charge in [0.2, 0.25) is 0 Å².